The molecule has 0 heterocycles. The number of nitrogens with one attached hydrogen (secondary N) is 3. The molecule has 0 bridgehead atoms. The first-order valence-corrected chi connectivity index (χ1v) is 10.1. The molecule has 5 heteroatoms. The van der Waals surface area contributed by atoms with Gasteiger partial charge in [-0.15, -0.1) is 0 Å². The van der Waals surface area contributed by atoms with Crippen LogP contribution in [0.3, 0.4) is 0 Å². The summed E-state index contributed by atoms with van der Waals surface area (Å²) in [6.07, 6.45) is 0.862. The number of carbonyl (C=O) groups is 2. The fourth-order valence-corrected chi connectivity index (χ4v) is 3.23. The second kappa shape index (κ2) is 9.74. The van der Waals surface area contributed by atoms with Gasteiger partial charge in [-0.3, -0.25) is 9.59 Å². The first kappa shape index (κ1) is 21.1. The van der Waals surface area contributed by atoms with Crippen molar-refractivity contribution in [1.82, 2.24) is 0 Å². The second-order valence-corrected chi connectivity index (χ2v) is 7.27. The summed E-state index contributed by atoms with van der Waals surface area (Å²) in [5, 5.41) is 9.00. The number of carbonyl (C=O) groups excluding carboxylic acids is 2. The largest absolute Gasteiger partial charge is 0.376 e. The highest BCUT2D eigenvalue weighted by molar-refractivity contribution is 6.04. The van der Waals surface area contributed by atoms with Gasteiger partial charge in [0, 0.05) is 22.6 Å². The van der Waals surface area contributed by atoms with Gasteiger partial charge in [0.15, 0.2) is 0 Å². The van der Waals surface area contributed by atoms with Gasteiger partial charge in [-0.25, -0.2) is 0 Å². The molecule has 2 amide bonds. The molecule has 0 aliphatic rings. The van der Waals surface area contributed by atoms with Gasteiger partial charge in [-0.2, -0.15) is 0 Å². The molecular formula is C25H27N3O2. The van der Waals surface area contributed by atoms with E-state index in [9.17, 15) is 9.59 Å². The van der Waals surface area contributed by atoms with Crippen LogP contribution in [0.15, 0.2) is 66.7 Å². The summed E-state index contributed by atoms with van der Waals surface area (Å²) in [6.45, 7) is 6.18. The van der Waals surface area contributed by atoms with Crippen LogP contribution in [-0.4, -0.2) is 18.4 Å². The third kappa shape index (κ3) is 5.47. The van der Waals surface area contributed by atoms with Gasteiger partial charge in [0.1, 0.15) is 0 Å². The maximum absolute atomic E-state index is 12.4. The highest BCUT2D eigenvalue weighted by Gasteiger charge is 2.09. The lowest BCUT2D eigenvalue weighted by Gasteiger charge is -2.14. The number of amides is 2. The van der Waals surface area contributed by atoms with E-state index < -0.39 is 0 Å². The molecule has 0 fully saturated rings. The highest BCUT2D eigenvalue weighted by Crippen LogP contribution is 2.21. The van der Waals surface area contributed by atoms with E-state index in [0.717, 1.165) is 34.5 Å². The van der Waals surface area contributed by atoms with Gasteiger partial charge in [0.05, 0.1) is 6.54 Å². The molecule has 0 saturated heterocycles. The Bertz CT molecular complexity index is 1040. The van der Waals surface area contributed by atoms with E-state index in [1.165, 1.54) is 0 Å². The van der Waals surface area contributed by atoms with E-state index in [2.05, 4.69) is 22.9 Å². The number of rotatable bonds is 7. The lowest BCUT2D eigenvalue weighted by atomic mass is 10.1. The topological polar surface area (TPSA) is 70.2 Å². The molecular weight excluding hydrogens is 374 g/mol. The average molecular weight is 402 g/mol. The van der Waals surface area contributed by atoms with Gasteiger partial charge < -0.3 is 16.0 Å². The summed E-state index contributed by atoms with van der Waals surface area (Å²) in [5.74, 6) is -0.250. The standard InChI is InChI=1S/C25H27N3O2/c1-4-19-9-6-8-18(3)24(19)28-23(29)16-26-21-11-13-22(14-12-21)27-25(30)20-10-5-7-17(2)15-20/h5-15,26H,4,16H2,1-3H3,(H,27,30)(H,28,29). The minimum absolute atomic E-state index is 0.101. The summed E-state index contributed by atoms with van der Waals surface area (Å²) < 4.78 is 0. The Kier molecular flexibility index (Phi) is 6.86. The minimum atomic E-state index is -0.149. The third-order valence-electron chi connectivity index (χ3n) is 4.88. The van der Waals surface area contributed by atoms with Crippen molar-refractivity contribution in [2.45, 2.75) is 27.2 Å². The number of hydrogen-bond acceptors (Lipinski definition) is 3. The predicted molar refractivity (Wildman–Crippen MR) is 123 cm³/mol. The van der Waals surface area contributed by atoms with Crippen LogP contribution in [0, 0.1) is 13.8 Å². The van der Waals surface area contributed by atoms with E-state index in [4.69, 9.17) is 0 Å². The Balaban J connectivity index is 1.55. The monoisotopic (exact) mass is 401 g/mol. The lowest BCUT2D eigenvalue weighted by molar-refractivity contribution is -0.114. The van der Waals surface area contributed by atoms with Crippen molar-refractivity contribution in [3.05, 3.63) is 89.0 Å². The Morgan fingerprint density at radius 3 is 2.23 bits per heavy atom. The van der Waals surface area contributed by atoms with Crippen LogP contribution in [0.2, 0.25) is 0 Å². The summed E-state index contributed by atoms with van der Waals surface area (Å²) in [4.78, 5) is 24.7. The number of benzene rings is 3. The smallest absolute Gasteiger partial charge is 0.255 e. The Hall–Kier alpha value is -3.60. The molecule has 0 aliphatic heterocycles. The Labute approximate surface area is 177 Å². The molecule has 3 N–H and O–H groups in total. The van der Waals surface area contributed by atoms with Crippen LogP contribution < -0.4 is 16.0 Å². The molecule has 154 valence electrons. The van der Waals surface area contributed by atoms with Gasteiger partial charge in [0.2, 0.25) is 5.91 Å². The minimum Gasteiger partial charge on any atom is -0.376 e. The van der Waals surface area contributed by atoms with Crippen LogP contribution >= 0.6 is 0 Å². The van der Waals surface area contributed by atoms with Crippen LogP contribution in [0.25, 0.3) is 0 Å². The Morgan fingerprint density at radius 2 is 1.53 bits per heavy atom. The first-order valence-electron chi connectivity index (χ1n) is 10.1. The molecule has 0 aliphatic carbocycles. The fraction of sp³-hybridized carbons (Fsp3) is 0.200. The molecule has 0 radical (unpaired) electrons. The summed E-state index contributed by atoms with van der Waals surface area (Å²) >= 11 is 0. The molecule has 30 heavy (non-hydrogen) atoms. The normalized spacial score (nSPS) is 10.4. The zero-order chi connectivity index (χ0) is 21.5. The van der Waals surface area contributed by atoms with Crippen molar-refractivity contribution in [1.29, 1.82) is 0 Å². The first-order chi connectivity index (χ1) is 14.5. The quantitative estimate of drug-likeness (QED) is 0.512. The third-order valence-corrected chi connectivity index (χ3v) is 4.88. The number of para-hydroxylation sites is 1. The van der Waals surface area contributed by atoms with Gasteiger partial charge in [-0.05, 0) is 67.8 Å². The fourth-order valence-electron chi connectivity index (χ4n) is 3.23. The van der Waals surface area contributed by atoms with Crippen molar-refractivity contribution in [2.75, 3.05) is 22.5 Å². The van der Waals surface area contributed by atoms with Crippen molar-refractivity contribution < 1.29 is 9.59 Å². The van der Waals surface area contributed by atoms with Crippen LogP contribution in [0.1, 0.15) is 34.0 Å². The van der Waals surface area contributed by atoms with Crippen LogP contribution in [0.5, 0.6) is 0 Å². The van der Waals surface area contributed by atoms with Crippen molar-refractivity contribution in [3.63, 3.8) is 0 Å². The van der Waals surface area contributed by atoms with Gasteiger partial charge in [-0.1, -0.05) is 42.8 Å². The lowest BCUT2D eigenvalue weighted by Crippen LogP contribution is -2.23. The second-order valence-electron chi connectivity index (χ2n) is 7.27. The summed E-state index contributed by atoms with van der Waals surface area (Å²) in [7, 11) is 0. The molecule has 0 spiro atoms. The molecule has 5 nitrogen and oxygen atoms in total. The summed E-state index contributed by atoms with van der Waals surface area (Å²) in [5.41, 5.74) is 6.23. The molecule has 3 aromatic rings. The number of aryl methyl sites for hydroxylation is 3. The SMILES string of the molecule is CCc1cccc(C)c1NC(=O)CNc1ccc(NC(=O)c2cccc(C)c2)cc1. The number of hydrogen-bond donors (Lipinski definition) is 3. The molecule has 0 aromatic heterocycles. The van der Waals surface area contributed by atoms with Crippen LogP contribution in [0.4, 0.5) is 17.1 Å². The molecule has 3 aromatic carbocycles. The van der Waals surface area contributed by atoms with Crippen LogP contribution in [-0.2, 0) is 11.2 Å². The molecule has 0 saturated carbocycles. The highest BCUT2D eigenvalue weighted by atomic mass is 16.2. The van der Waals surface area contributed by atoms with E-state index in [1.807, 2.05) is 74.5 Å². The molecule has 3 rings (SSSR count). The van der Waals surface area contributed by atoms with Crippen molar-refractivity contribution >= 4 is 28.9 Å². The van der Waals surface area contributed by atoms with Crippen molar-refractivity contribution in [3.8, 4) is 0 Å². The van der Waals surface area contributed by atoms with E-state index in [-0.39, 0.29) is 18.4 Å². The zero-order valence-electron chi connectivity index (χ0n) is 17.6. The molecule has 0 atom stereocenters. The van der Waals surface area contributed by atoms with E-state index >= 15 is 0 Å². The maximum atomic E-state index is 12.4. The maximum Gasteiger partial charge on any atom is 0.255 e. The predicted octanol–water partition coefficient (Wildman–Crippen LogP) is 5.17. The van der Waals surface area contributed by atoms with Gasteiger partial charge in [0.25, 0.3) is 5.91 Å². The van der Waals surface area contributed by atoms with E-state index in [0.29, 0.717) is 11.3 Å². The zero-order valence-corrected chi connectivity index (χ0v) is 17.6. The molecule has 0 unspecified atom stereocenters. The van der Waals surface area contributed by atoms with Crippen molar-refractivity contribution in [2.24, 2.45) is 0 Å². The van der Waals surface area contributed by atoms with E-state index in [1.54, 1.807) is 6.07 Å². The summed E-state index contributed by atoms with van der Waals surface area (Å²) in [6, 6.07) is 20.8. The Morgan fingerprint density at radius 1 is 0.833 bits per heavy atom. The van der Waals surface area contributed by atoms with Gasteiger partial charge >= 0.3 is 0 Å². The number of anilines is 3. The average Bonchev–Trinajstić information content (AvgIpc) is 2.74.